The highest BCUT2D eigenvalue weighted by Gasteiger charge is 2.41. The molecule has 0 unspecified atom stereocenters. The Balaban J connectivity index is 0.000000250. The number of azo groups is 1. The third-order valence-electron chi connectivity index (χ3n) is 14.5. The lowest BCUT2D eigenvalue weighted by atomic mass is 10.1. The zero-order chi connectivity index (χ0) is 57.8. The van der Waals surface area contributed by atoms with Gasteiger partial charge in [0.2, 0.25) is 0 Å². The summed E-state index contributed by atoms with van der Waals surface area (Å²) in [6.07, 6.45) is 20.3. The second-order valence-electron chi connectivity index (χ2n) is 23.4. The number of urea groups is 2. The lowest BCUT2D eigenvalue weighted by molar-refractivity contribution is -0.0168. The Kier molecular flexibility index (Phi) is 28.4. The van der Waals surface area contributed by atoms with Gasteiger partial charge in [0, 0.05) is 64.1 Å². The molecule has 0 radical (unpaired) electrons. The average molecular weight is 1170 g/mol. The Bertz CT molecular complexity index is 2590. The Morgan fingerprint density at radius 3 is 1.44 bits per heavy atom. The van der Waals surface area contributed by atoms with Crippen LogP contribution in [0, 0.1) is 11.8 Å². The van der Waals surface area contributed by atoms with Gasteiger partial charge in [0.25, 0.3) is 0 Å². The van der Waals surface area contributed by atoms with Gasteiger partial charge in [0.1, 0.15) is 29.3 Å². The van der Waals surface area contributed by atoms with Crippen molar-refractivity contribution in [2.45, 2.75) is 176 Å². The van der Waals surface area contributed by atoms with Gasteiger partial charge in [-0.2, -0.15) is 0 Å². The van der Waals surface area contributed by atoms with Crippen molar-refractivity contribution in [2.75, 3.05) is 65.7 Å². The fraction of sp³-hybridized carbons (Fsp3) is 0.619. The Morgan fingerprint density at radius 1 is 0.583 bits per heavy atom. The number of pyridine rings is 4. The monoisotopic (exact) mass is 1170 g/mol. The molecule has 4 saturated heterocycles. The van der Waals surface area contributed by atoms with Gasteiger partial charge in [0.05, 0.1) is 68.9 Å². The van der Waals surface area contributed by atoms with Crippen LogP contribution < -0.4 is 4.74 Å². The van der Waals surface area contributed by atoms with Crippen molar-refractivity contribution in [1.29, 1.82) is 0 Å². The number of amides is 6. The molecule has 84 heavy (non-hydrogen) atoms. The SMILES string of the molecule is C.C.C.CC(C)(C)OC(=O)N1CC[C@H]1CO.CC(C)(C)OC(=O)N1CC[C@H]1COc1cncc([C@H]2C[C@@H]2COCc2ccccn2)c1.O=C(N=NC(=O)N1CCCCC1)N1CCCCC1.Oc1cncc([C@H]2C[C@@H]2COCc2ccccn2)c1. The first-order chi connectivity index (χ1) is 38.9. The summed E-state index contributed by atoms with van der Waals surface area (Å²) in [5.74, 6) is 2.96. The molecule has 4 aromatic heterocycles. The number of rotatable bonds is 14. The maximum Gasteiger partial charge on any atom is 0.410 e. The molecule has 6 fully saturated rings. The molecule has 6 amide bonds. The molecular weight excluding hydrogens is 1070 g/mol. The molecule has 2 aliphatic carbocycles. The fourth-order valence-corrected chi connectivity index (χ4v) is 9.58. The largest absolute Gasteiger partial charge is 0.506 e. The van der Waals surface area contributed by atoms with Gasteiger partial charge in [-0.05, 0) is 177 Å². The quantitative estimate of drug-likeness (QED) is 0.112. The molecule has 10 rings (SSSR count). The summed E-state index contributed by atoms with van der Waals surface area (Å²) in [4.78, 5) is 70.5. The maximum absolute atomic E-state index is 12.2. The van der Waals surface area contributed by atoms with Crippen LogP contribution in [0.1, 0.15) is 162 Å². The zero-order valence-electron chi connectivity index (χ0n) is 48.1. The first-order valence-corrected chi connectivity index (χ1v) is 28.7. The normalized spacial score (nSPS) is 21.2. The van der Waals surface area contributed by atoms with Crippen LogP contribution in [0.15, 0.2) is 95.9 Å². The van der Waals surface area contributed by atoms with Crippen LogP contribution in [0.4, 0.5) is 19.2 Å². The van der Waals surface area contributed by atoms with Crippen molar-refractivity contribution in [2.24, 2.45) is 22.1 Å². The van der Waals surface area contributed by atoms with Crippen LogP contribution in [-0.4, -0.2) is 163 Å². The van der Waals surface area contributed by atoms with Crippen LogP contribution in [-0.2, 0) is 32.2 Å². The first-order valence-electron chi connectivity index (χ1n) is 28.7. The Labute approximate surface area is 498 Å². The molecule has 0 spiro atoms. The van der Waals surface area contributed by atoms with Crippen LogP contribution >= 0.6 is 0 Å². The van der Waals surface area contributed by atoms with Crippen LogP contribution in [0.3, 0.4) is 0 Å². The number of aromatic nitrogens is 4. The summed E-state index contributed by atoms with van der Waals surface area (Å²) in [7, 11) is 0. The van der Waals surface area contributed by atoms with E-state index in [1.54, 1.807) is 44.3 Å². The predicted molar refractivity (Wildman–Crippen MR) is 322 cm³/mol. The van der Waals surface area contributed by atoms with Crippen molar-refractivity contribution in [3.8, 4) is 11.5 Å². The van der Waals surface area contributed by atoms with Crippen molar-refractivity contribution in [3.63, 3.8) is 0 Å². The van der Waals surface area contributed by atoms with Crippen molar-refractivity contribution >= 4 is 24.2 Å². The van der Waals surface area contributed by atoms with E-state index in [4.69, 9.17) is 28.8 Å². The molecule has 464 valence electrons. The van der Waals surface area contributed by atoms with E-state index in [1.807, 2.05) is 90.3 Å². The number of likely N-dealkylation sites (tertiary alicyclic amines) is 4. The van der Waals surface area contributed by atoms with Crippen LogP contribution in [0.2, 0.25) is 0 Å². The molecule has 6 atom stereocenters. The minimum Gasteiger partial charge on any atom is -0.506 e. The lowest BCUT2D eigenvalue weighted by Crippen LogP contribution is -2.55. The number of aliphatic hydroxyl groups excluding tert-OH is 1. The molecule has 21 heteroatoms. The van der Waals surface area contributed by atoms with Crippen molar-refractivity contribution in [3.05, 3.63) is 108 Å². The van der Waals surface area contributed by atoms with E-state index < -0.39 is 11.2 Å². The number of carbonyl (C=O) groups is 4. The number of hydrogen-bond donors (Lipinski definition) is 2. The molecule has 4 aromatic rings. The van der Waals surface area contributed by atoms with Gasteiger partial charge in [-0.3, -0.25) is 19.9 Å². The summed E-state index contributed by atoms with van der Waals surface area (Å²) >= 11 is 0. The van der Waals surface area contributed by atoms with Crippen molar-refractivity contribution < 1.29 is 53.1 Å². The fourth-order valence-electron chi connectivity index (χ4n) is 9.58. The van der Waals surface area contributed by atoms with E-state index in [-0.39, 0.29) is 71.0 Å². The van der Waals surface area contributed by atoms with Gasteiger partial charge < -0.3 is 53.5 Å². The minimum absolute atomic E-state index is 0. The number of aliphatic hydroxyl groups is 1. The van der Waals surface area contributed by atoms with E-state index in [0.29, 0.717) is 56.6 Å². The summed E-state index contributed by atoms with van der Waals surface area (Å²) in [6.45, 7) is 18.5. The average Bonchev–Trinajstić information content (AvgIpc) is 3.72. The molecule has 2 saturated carbocycles. The topological polar surface area (TPSA) is 244 Å². The van der Waals surface area contributed by atoms with E-state index in [0.717, 1.165) is 126 Å². The molecule has 2 N–H and O–H groups in total. The third kappa shape index (κ3) is 23.3. The van der Waals surface area contributed by atoms with Gasteiger partial charge in [-0.15, -0.1) is 0 Å². The molecule has 8 heterocycles. The number of aromatic hydroxyl groups is 1. The number of piperidine rings is 2. The summed E-state index contributed by atoms with van der Waals surface area (Å²) < 4.78 is 28.1. The third-order valence-corrected chi connectivity index (χ3v) is 14.5. The summed E-state index contributed by atoms with van der Waals surface area (Å²) in [5, 5.41) is 25.3. The maximum atomic E-state index is 12.2. The van der Waals surface area contributed by atoms with Crippen LogP contribution in [0.5, 0.6) is 11.5 Å². The second-order valence-corrected chi connectivity index (χ2v) is 23.4. The highest BCUT2D eigenvalue weighted by molar-refractivity contribution is 5.80. The smallest absolute Gasteiger partial charge is 0.410 e. The van der Waals surface area contributed by atoms with E-state index in [1.165, 1.54) is 11.8 Å². The second kappa shape index (κ2) is 34.2. The predicted octanol–water partition coefficient (Wildman–Crippen LogP) is 12.2. The minimum atomic E-state index is -0.488. The number of ether oxygens (including phenoxy) is 5. The van der Waals surface area contributed by atoms with E-state index in [9.17, 15) is 24.3 Å². The molecule has 0 aromatic carbocycles. The standard InChI is InChI=1S/C24H31N3O4.C15H16N2O2.C12H20N4O2.C9H17NO3.3CH4/c1-24(2,3)31-23(28)27-9-7-20(27)16-30-21-10-17(12-25-13-21)22-11-18(22)14-29-15-19-6-4-5-8-26-19;18-14-5-11(7-16-8-14)15-6-12(15)9-19-10-13-3-1-2-4-17-13;17-11(15-7-3-1-4-8-15)13-14-12(18)16-9-5-2-6-10-16;1-9(2,3)13-8(12)10-5-4-7(10)6-11;;;/h4-6,8,10,12-13,18,20,22H,7,9,11,14-16H2,1-3H3;1-5,7-8,12,15,18H,6,9-10H2;1-10H2;7,11H,4-6H2,1-3H3;3*1H4/t18-,20+,22-;12-,15-;;7-;;;/m11.0.../s1. The van der Waals surface area contributed by atoms with Gasteiger partial charge in [-0.25, -0.2) is 19.2 Å². The molecular formula is C63H96N10O11. The zero-order valence-corrected chi connectivity index (χ0v) is 48.1. The Morgan fingerprint density at radius 2 is 1.04 bits per heavy atom. The van der Waals surface area contributed by atoms with Gasteiger partial charge >= 0.3 is 24.2 Å². The number of hydrogen-bond acceptors (Lipinski definition) is 15. The van der Waals surface area contributed by atoms with Gasteiger partial charge in [-0.1, -0.05) is 44.6 Å². The van der Waals surface area contributed by atoms with Crippen molar-refractivity contribution in [1.82, 2.24) is 39.5 Å². The van der Waals surface area contributed by atoms with E-state index in [2.05, 4.69) is 36.2 Å². The summed E-state index contributed by atoms with van der Waals surface area (Å²) in [6, 6.07) is 14.8. The molecule has 0 bridgehead atoms. The molecule has 4 aliphatic heterocycles. The summed E-state index contributed by atoms with van der Waals surface area (Å²) in [5.41, 5.74) is 3.25. The van der Waals surface area contributed by atoms with E-state index >= 15 is 0 Å². The number of carbonyl (C=O) groups excluding carboxylic acids is 4. The highest BCUT2D eigenvalue weighted by atomic mass is 16.6. The number of nitrogens with zero attached hydrogens (tertiary/aromatic N) is 10. The molecule has 6 aliphatic rings. The Hall–Kier alpha value is -6.84. The lowest BCUT2D eigenvalue weighted by Gasteiger charge is -2.40. The molecule has 21 nitrogen and oxygen atoms in total. The van der Waals surface area contributed by atoms with Crippen LogP contribution in [0.25, 0.3) is 0 Å². The highest BCUT2D eigenvalue weighted by Crippen LogP contribution is 2.49. The van der Waals surface area contributed by atoms with Gasteiger partial charge in [0.15, 0.2) is 0 Å². The first kappa shape index (κ1) is 69.7.